The fourth-order valence-electron chi connectivity index (χ4n) is 3.59. The van der Waals surface area contributed by atoms with Crippen molar-refractivity contribution in [1.82, 2.24) is 14.8 Å². The second kappa shape index (κ2) is 9.78. The third-order valence-corrected chi connectivity index (χ3v) is 6.03. The van der Waals surface area contributed by atoms with Gasteiger partial charge in [0, 0.05) is 18.0 Å². The summed E-state index contributed by atoms with van der Waals surface area (Å²) in [6.07, 6.45) is 7.95. The van der Waals surface area contributed by atoms with Crippen LogP contribution in [0.1, 0.15) is 54.2 Å². The molecule has 3 rings (SSSR count). The molecule has 1 aliphatic rings. The Kier molecular flexibility index (Phi) is 7.14. The molecule has 0 saturated heterocycles. The van der Waals surface area contributed by atoms with Gasteiger partial charge in [0.1, 0.15) is 5.82 Å². The van der Waals surface area contributed by atoms with Crippen molar-refractivity contribution in [1.29, 1.82) is 0 Å². The van der Waals surface area contributed by atoms with Crippen LogP contribution in [0.15, 0.2) is 36.0 Å². The van der Waals surface area contributed by atoms with Gasteiger partial charge < -0.3 is 14.0 Å². The van der Waals surface area contributed by atoms with Crippen LogP contribution in [0.2, 0.25) is 0 Å². The Morgan fingerprint density at radius 1 is 1.21 bits per heavy atom. The molecule has 0 aliphatic heterocycles. The largest absolute Gasteiger partial charge is 0.493 e. The van der Waals surface area contributed by atoms with Crippen LogP contribution in [-0.2, 0) is 6.54 Å². The second-order valence-electron chi connectivity index (χ2n) is 6.86. The van der Waals surface area contributed by atoms with E-state index in [1.807, 2.05) is 6.08 Å². The van der Waals surface area contributed by atoms with Crippen LogP contribution in [0.3, 0.4) is 0 Å². The van der Waals surface area contributed by atoms with Gasteiger partial charge in [0.2, 0.25) is 0 Å². The van der Waals surface area contributed by atoms with Crippen molar-refractivity contribution >= 4 is 17.5 Å². The zero-order valence-electron chi connectivity index (χ0n) is 16.5. The lowest BCUT2D eigenvalue weighted by atomic mass is 9.89. The number of thioether (sulfide) groups is 1. The Morgan fingerprint density at radius 3 is 2.64 bits per heavy atom. The fourth-order valence-corrected chi connectivity index (χ4v) is 4.44. The summed E-state index contributed by atoms with van der Waals surface area (Å²) in [7, 11) is 3.14. The second-order valence-corrected chi connectivity index (χ2v) is 7.80. The molecule has 0 atom stereocenters. The summed E-state index contributed by atoms with van der Waals surface area (Å²) < 4.78 is 12.6. The highest BCUT2D eigenvalue weighted by atomic mass is 32.2. The van der Waals surface area contributed by atoms with Gasteiger partial charge in [-0.25, -0.2) is 0 Å². The lowest BCUT2D eigenvalue weighted by Gasteiger charge is -2.21. The first-order valence-electron chi connectivity index (χ1n) is 9.60. The van der Waals surface area contributed by atoms with E-state index in [1.165, 1.54) is 31.0 Å². The summed E-state index contributed by atoms with van der Waals surface area (Å²) in [5.74, 6) is 2.94. The van der Waals surface area contributed by atoms with E-state index in [2.05, 4.69) is 21.3 Å². The average Bonchev–Trinajstić information content (AvgIpc) is 3.15. The van der Waals surface area contributed by atoms with Crippen LogP contribution in [0.4, 0.5) is 0 Å². The van der Waals surface area contributed by atoms with Crippen molar-refractivity contribution in [3.8, 4) is 11.5 Å². The van der Waals surface area contributed by atoms with Gasteiger partial charge in [-0.3, -0.25) is 4.79 Å². The number of methoxy groups -OCH3 is 2. The Balaban J connectivity index is 1.72. The van der Waals surface area contributed by atoms with E-state index in [0.717, 1.165) is 23.8 Å². The van der Waals surface area contributed by atoms with Gasteiger partial charge in [0.05, 0.1) is 20.0 Å². The molecule has 0 amide bonds. The van der Waals surface area contributed by atoms with E-state index >= 15 is 0 Å². The predicted octanol–water partition coefficient (Wildman–Crippen LogP) is 4.50. The minimum Gasteiger partial charge on any atom is -0.493 e. The highest BCUT2D eigenvalue weighted by Gasteiger charge is 2.23. The van der Waals surface area contributed by atoms with Gasteiger partial charge in [-0.1, -0.05) is 37.1 Å². The number of hydrogen-bond donors (Lipinski definition) is 0. The highest BCUT2D eigenvalue weighted by molar-refractivity contribution is 7.99. The number of allylic oxidation sites excluding steroid dienone is 1. The first-order valence-corrected chi connectivity index (χ1v) is 10.6. The summed E-state index contributed by atoms with van der Waals surface area (Å²) in [5.41, 5.74) is 0.590. The number of nitrogens with zero attached hydrogens (tertiary/aromatic N) is 3. The third-order valence-electron chi connectivity index (χ3n) is 5.07. The number of hydrogen-bond acceptors (Lipinski definition) is 6. The number of ketones is 1. The van der Waals surface area contributed by atoms with Gasteiger partial charge >= 0.3 is 0 Å². The Bertz CT molecular complexity index is 828. The average molecular weight is 402 g/mol. The SMILES string of the molecule is C=CCn1c(SCC(=O)c2ccc(OC)c(OC)c2)nnc1C1CCCCC1. The molecule has 0 spiro atoms. The summed E-state index contributed by atoms with van der Waals surface area (Å²) in [6, 6.07) is 5.22. The maximum absolute atomic E-state index is 12.7. The number of Topliss-reactive ketones (excluding diaryl/α,β-unsaturated/α-hetero) is 1. The molecular weight excluding hydrogens is 374 g/mol. The number of carbonyl (C=O) groups is 1. The normalized spacial score (nSPS) is 14.6. The molecule has 1 aromatic carbocycles. The fraction of sp³-hybridized carbons (Fsp3) is 0.476. The molecule has 7 heteroatoms. The first kappa shape index (κ1) is 20.5. The lowest BCUT2D eigenvalue weighted by molar-refractivity contribution is 0.102. The molecule has 1 saturated carbocycles. The van der Waals surface area contributed by atoms with Crippen LogP contribution >= 0.6 is 11.8 Å². The molecule has 1 aliphatic carbocycles. The molecular formula is C21H27N3O3S. The number of carbonyl (C=O) groups excluding carboxylic acids is 1. The van der Waals surface area contributed by atoms with Crippen molar-refractivity contribution in [2.24, 2.45) is 0 Å². The molecule has 0 radical (unpaired) electrons. The maximum Gasteiger partial charge on any atom is 0.191 e. The van der Waals surface area contributed by atoms with Gasteiger partial charge in [0.15, 0.2) is 22.4 Å². The third kappa shape index (κ3) is 4.58. The summed E-state index contributed by atoms with van der Waals surface area (Å²) in [6.45, 7) is 4.52. The van der Waals surface area contributed by atoms with Gasteiger partial charge in [-0.05, 0) is 31.0 Å². The van der Waals surface area contributed by atoms with Crippen molar-refractivity contribution in [2.75, 3.05) is 20.0 Å². The van der Waals surface area contributed by atoms with Crippen LogP contribution in [-0.4, -0.2) is 40.5 Å². The summed E-state index contributed by atoms with van der Waals surface area (Å²) in [5, 5.41) is 9.60. The van der Waals surface area contributed by atoms with E-state index in [0.29, 0.717) is 29.5 Å². The van der Waals surface area contributed by atoms with E-state index in [1.54, 1.807) is 32.4 Å². The zero-order valence-corrected chi connectivity index (χ0v) is 17.3. The van der Waals surface area contributed by atoms with E-state index in [9.17, 15) is 4.79 Å². The topological polar surface area (TPSA) is 66.2 Å². The highest BCUT2D eigenvalue weighted by Crippen LogP contribution is 2.33. The van der Waals surface area contributed by atoms with Gasteiger partial charge in [0.25, 0.3) is 0 Å². The quantitative estimate of drug-likeness (QED) is 0.350. The van der Waals surface area contributed by atoms with Gasteiger partial charge in [-0.15, -0.1) is 16.8 Å². The molecule has 0 unspecified atom stereocenters. The van der Waals surface area contributed by atoms with Crippen molar-refractivity contribution in [2.45, 2.75) is 49.7 Å². The predicted molar refractivity (Wildman–Crippen MR) is 111 cm³/mol. The van der Waals surface area contributed by atoms with Crippen LogP contribution in [0.25, 0.3) is 0 Å². The number of benzene rings is 1. The Hall–Kier alpha value is -2.28. The molecule has 28 heavy (non-hydrogen) atoms. The first-order chi connectivity index (χ1) is 13.7. The molecule has 6 nitrogen and oxygen atoms in total. The summed E-state index contributed by atoms with van der Waals surface area (Å²) in [4.78, 5) is 12.7. The van der Waals surface area contributed by atoms with Crippen LogP contribution in [0, 0.1) is 0 Å². The van der Waals surface area contributed by atoms with E-state index in [4.69, 9.17) is 9.47 Å². The van der Waals surface area contributed by atoms with Crippen LogP contribution < -0.4 is 9.47 Å². The molecule has 1 aromatic heterocycles. The zero-order chi connectivity index (χ0) is 19.9. The van der Waals surface area contributed by atoms with Crippen molar-refractivity contribution < 1.29 is 14.3 Å². The minimum atomic E-state index is 0.0123. The number of rotatable bonds is 9. The molecule has 1 heterocycles. The van der Waals surface area contributed by atoms with Crippen molar-refractivity contribution in [3.05, 3.63) is 42.2 Å². The molecule has 0 N–H and O–H groups in total. The Morgan fingerprint density at radius 2 is 1.96 bits per heavy atom. The smallest absolute Gasteiger partial charge is 0.191 e. The monoisotopic (exact) mass is 401 g/mol. The maximum atomic E-state index is 12.7. The lowest BCUT2D eigenvalue weighted by Crippen LogP contribution is -2.13. The van der Waals surface area contributed by atoms with Gasteiger partial charge in [-0.2, -0.15) is 0 Å². The van der Waals surface area contributed by atoms with E-state index < -0.39 is 0 Å². The molecule has 150 valence electrons. The number of aromatic nitrogens is 3. The molecule has 2 aromatic rings. The van der Waals surface area contributed by atoms with Crippen LogP contribution in [0.5, 0.6) is 11.5 Å². The van der Waals surface area contributed by atoms with E-state index in [-0.39, 0.29) is 11.5 Å². The van der Waals surface area contributed by atoms with Crippen molar-refractivity contribution in [3.63, 3.8) is 0 Å². The molecule has 1 fully saturated rings. The molecule has 0 bridgehead atoms. The minimum absolute atomic E-state index is 0.0123. The standard InChI is InChI=1S/C21H27N3O3S/c1-4-12-24-20(15-8-6-5-7-9-15)22-23-21(24)28-14-17(25)16-10-11-18(26-2)19(13-16)27-3/h4,10-11,13,15H,1,5-9,12,14H2,2-3H3. The number of ether oxygens (including phenoxy) is 2. The Labute approximate surface area is 170 Å². The summed E-state index contributed by atoms with van der Waals surface area (Å²) >= 11 is 1.42.